The Morgan fingerprint density at radius 2 is 1.10 bits per heavy atom. The molecule has 0 unspecified atom stereocenters. The van der Waals surface area contributed by atoms with Crippen LogP contribution < -0.4 is 0 Å². The topological polar surface area (TPSA) is 0 Å². The van der Waals surface area contributed by atoms with E-state index in [1.807, 2.05) is 0 Å². The lowest BCUT2D eigenvalue weighted by Crippen LogP contribution is -2.05. The van der Waals surface area contributed by atoms with Crippen molar-refractivity contribution in [2.45, 2.75) is 16.2 Å². The molecule has 0 amide bonds. The van der Waals surface area contributed by atoms with Gasteiger partial charge in [-0.1, -0.05) is 43.7 Å². The van der Waals surface area contributed by atoms with Gasteiger partial charge in [0.25, 0.3) is 0 Å². The van der Waals surface area contributed by atoms with Crippen LogP contribution >= 0.6 is 22.9 Å². The van der Waals surface area contributed by atoms with Gasteiger partial charge in [-0.05, 0) is 41.8 Å². The van der Waals surface area contributed by atoms with Gasteiger partial charge in [0.05, 0.1) is 0 Å². The van der Waals surface area contributed by atoms with Crippen molar-refractivity contribution in [3.8, 4) is 0 Å². The van der Waals surface area contributed by atoms with Crippen molar-refractivity contribution in [2.75, 3.05) is 0 Å². The van der Waals surface area contributed by atoms with Crippen molar-refractivity contribution >= 4 is 22.9 Å². The number of thiol groups is 1. The van der Waals surface area contributed by atoms with Gasteiger partial charge in [-0.2, -0.15) is 0 Å². The molecule has 2 aromatic rings. The molecule has 0 saturated carbocycles. The van der Waals surface area contributed by atoms with Gasteiger partial charge in [0.15, 0.2) is 0 Å². The van der Waals surface area contributed by atoms with Crippen LogP contribution in [-0.2, 0) is 6.42 Å². The summed E-state index contributed by atoms with van der Waals surface area (Å²) in [6, 6.07) is 10.1. The summed E-state index contributed by atoms with van der Waals surface area (Å²) >= 11 is 4.12. The summed E-state index contributed by atoms with van der Waals surface area (Å²) in [5, 5.41) is 0. The zero-order valence-electron chi connectivity index (χ0n) is 10.1. The highest BCUT2D eigenvalue weighted by molar-refractivity contribution is 8.45. The van der Waals surface area contributed by atoms with Crippen molar-refractivity contribution < 1.29 is 19.4 Å². The smallest absolute Gasteiger partial charge is 0.143 e. The molecule has 7 heteroatoms. The third kappa shape index (κ3) is 3.89. The van der Waals surface area contributed by atoms with Crippen molar-refractivity contribution in [2.24, 2.45) is 0 Å². The first-order valence-corrected chi connectivity index (χ1v) is 7.95. The lowest BCUT2D eigenvalue weighted by Gasteiger charge is -2.40. The van der Waals surface area contributed by atoms with E-state index < -0.39 is 15.1 Å². The third-order valence-corrected chi connectivity index (χ3v) is 4.17. The van der Waals surface area contributed by atoms with Crippen molar-refractivity contribution in [3.05, 3.63) is 59.7 Å². The van der Waals surface area contributed by atoms with Crippen LogP contribution in [0.2, 0.25) is 0 Å². The van der Waals surface area contributed by atoms with Gasteiger partial charge in [-0.15, -0.1) is 12.6 Å². The fourth-order valence-corrected chi connectivity index (χ4v) is 2.51. The quantitative estimate of drug-likeness (QED) is 0.502. The molecule has 0 atom stereocenters. The lowest BCUT2D eigenvalue weighted by atomic mass is 10.1. The first-order chi connectivity index (χ1) is 8.94. The minimum absolute atomic E-state index is 0.370. The molecule has 0 aliphatic heterocycles. The summed E-state index contributed by atoms with van der Waals surface area (Å²) in [6.45, 7) is 0. The maximum absolute atomic E-state index is 12.5. The van der Waals surface area contributed by atoms with Gasteiger partial charge < -0.3 is 0 Å². The van der Waals surface area contributed by atoms with Crippen LogP contribution in [-0.4, -0.2) is 0 Å². The lowest BCUT2D eigenvalue weighted by molar-refractivity contribution is 0.364. The van der Waals surface area contributed by atoms with Gasteiger partial charge >= 0.3 is 10.2 Å². The SMILES string of the molecule is FS(F)(F)(F)(F)c1ccc(Cc2ccc(S)cc2)cc1. The van der Waals surface area contributed by atoms with E-state index in [1.54, 1.807) is 24.3 Å². The molecule has 0 aliphatic carbocycles. The first kappa shape index (κ1) is 15.2. The Morgan fingerprint density at radius 3 is 1.50 bits per heavy atom. The Balaban J connectivity index is 2.24. The predicted molar refractivity (Wildman–Crippen MR) is 74.3 cm³/mol. The van der Waals surface area contributed by atoms with Gasteiger partial charge in [-0.3, -0.25) is 0 Å². The third-order valence-electron chi connectivity index (χ3n) is 2.71. The van der Waals surface area contributed by atoms with Crippen LogP contribution in [0.15, 0.2) is 58.3 Å². The number of halogens is 5. The molecular formula is C13H11F5S2. The van der Waals surface area contributed by atoms with Crippen molar-refractivity contribution in [3.63, 3.8) is 0 Å². The zero-order valence-corrected chi connectivity index (χ0v) is 11.8. The molecule has 0 N–H and O–H groups in total. The van der Waals surface area contributed by atoms with Crippen LogP contribution in [0.5, 0.6) is 0 Å². The zero-order chi connectivity index (χ0) is 15.1. The second-order valence-corrected chi connectivity index (χ2v) is 7.38. The maximum Gasteiger partial charge on any atom is 0.310 e. The highest BCUT2D eigenvalue weighted by Gasteiger charge is 2.65. The molecule has 0 nitrogen and oxygen atoms in total. The van der Waals surface area contributed by atoms with Crippen LogP contribution in [0.1, 0.15) is 11.1 Å². The minimum Gasteiger partial charge on any atom is -0.143 e. The van der Waals surface area contributed by atoms with E-state index in [-0.39, 0.29) is 0 Å². The van der Waals surface area contributed by atoms with Gasteiger partial charge in [0.2, 0.25) is 0 Å². The molecule has 110 valence electrons. The highest BCUT2D eigenvalue weighted by Crippen LogP contribution is 3.02. The van der Waals surface area contributed by atoms with E-state index in [1.165, 1.54) is 0 Å². The molecule has 0 saturated heterocycles. The fourth-order valence-electron chi connectivity index (χ4n) is 1.71. The summed E-state index contributed by atoms with van der Waals surface area (Å²) in [5.74, 6) is 0. The van der Waals surface area contributed by atoms with E-state index in [0.717, 1.165) is 22.6 Å². The summed E-state index contributed by atoms with van der Waals surface area (Å²) in [7, 11) is -9.57. The van der Waals surface area contributed by atoms with Gasteiger partial charge in [0, 0.05) is 4.90 Å². The molecular weight excluding hydrogens is 315 g/mol. The molecule has 2 rings (SSSR count). The van der Waals surface area contributed by atoms with Crippen molar-refractivity contribution in [1.29, 1.82) is 0 Å². The van der Waals surface area contributed by atoms with E-state index in [9.17, 15) is 19.4 Å². The molecule has 0 fully saturated rings. The number of hydrogen-bond acceptors (Lipinski definition) is 1. The van der Waals surface area contributed by atoms with E-state index in [0.29, 0.717) is 24.1 Å². The Hall–Kier alpha value is -1.21. The number of hydrogen-bond donors (Lipinski definition) is 1. The molecule has 20 heavy (non-hydrogen) atoms. The molecule has 0 aliphatic rings. The van der Waals surface area contributed by atoms with Gasteiger partial charge in [-0.25, -0.2) is 0 Å². The van der Waals surface area contributed by atoms with Crippen LogP contribution in [0.25, 0.3) is 0 Å². The van der Waals surface area contributed by atoms with E-state index in [2.05, 4.69) is 12.6 Å². The Kier molecular flexibility index (Phi) is 3.15. The van der Waals surface area contributed by atoms with E-state index >= 15 is 0 Å². The standard InChI is InChI=1S/C13H11F5S2/c14-20(15,16,17,18)13-7-3-11(4-8-13)9-10-1-5-12(19)6-2-10/h1-8,19H,9H2. The molecule has 2 aromatic carbocycles. The van der Waals surface area contributed by atoms with Crippen LogP contribution in [0.3, 0.4) is 0 Å². The molecule has 0 aromatic heterocycles. The Labute approximate surface area is 118 Å². The number of benzene rings is 2. The Bertz CT molecular complexity index is 615. The monoisotopic (exact) mass is 326 g/mol. The first-order valence-electron chi connectivity index (χ1n) is 5.55. The normalized spacial score (nSPS) is 15.5. The average molecular weight is 326 g/mol. The molecule has 0 heterocycles. The van der Waals surface area contributed by atoms with E-state index in [4.69, 9.17) is 0 Å². The molecule has 0 spiro atoms. The van der Waals surface area contributed by atoms with Crippen LogP contribution in [0.4, 0.5) is 19.4 Å². The maximum atomic E-state index is 12.5. The van der Waals surface area contributed by atoms with Gasteiger partial charge in [0.1, 0.15) is 4.90 Å². The molecule has 0 bridgehead atoms. The highest BCUT2D eigenvalue weighted by atomic mass is 32.5. The van der Waals surface area contributed by atoms with Crippen LogP contribution in [0, 0.1) is 0 Å². The molecule has 0 radical (unpaired) electrons. The number of rotatable bonds is 3. The fraction of sp³-hybridized carbons (Fsp3) is 0.0769. The summed E-state index contributed by atoms with van der Waals surface area (Å²) < 4.78 is 62.7. The Morgan fingerprint density at radius 1 is 0.700 bits per heavy atom. The second kappa shape index (κ2) is 4.14. The summed E-state index contributed by atoms with van der Waals surface area (Å²) in [4.78, 5) is -1.09. The average Bonchev–Trinajstić information content (AvgIpc) is 2.30. The second-order valence-electron chi connectivity index (χ2n) is 4.46. The van der Waals surface area contributed by atoms with Crippen molar-refractivity contribution in [1.82, 2.24) is 0 Å². The predicted octanol–water partition coefficient (Wildman–Crippen LogP) is 6.22. The largest absolute Gasteiger partial charge is 0.310 e. The summed E-state index contributed by atoms with van der Waals surface area (Å²) in [5.41, 5.74) is 1.39. The summed E-state index contributed by atoms with van der Waals surface area (Å²) in [6.07, 6.45) is 0.370. The minimum atomic E-state index is -9.57.